The average molecular weight is 527 g/mol. The number of alkyl halides is 3. The fourth-order valence-corrected chi connectivity index (χ4v) is 4.50. The van der Waals surface area contributed by atoms with Gasteiger partial charge in [0.1, 0.15) is 23.6 Å². The second-order valence-electron chi connectivity index (χ2n) is 9.83. The van der Waals surface area contributed by atoms with E-state index >= 15 is 0 Å². The summed E-state index contributed by atoms with van der Waals surface area (Å²) in [5.41, 5.74) is -0.786. The molecule has 2 aromatic rings. The van der Waals surface area contributed by atoms with E-state index in [2.05, 4.69) is 20.3 Å². The Morgan fingerprint density at radius 3 is 2.56 bits per heavy atom. The van der Waals surface area contributed by atoms with Crippen molar-refractivity contribution in [2.24, 2.45) is 0 Å². The third kappa shape index (κ3) is 5.48. The molecule has 0 aliphatic carbocycles. The number of nitrogens with one attached hydrogen (secondary N) is 1. The third-order valence-electron chi connectivity index (χ3n) is 5.87. The maximum Gasteiger partial charge on any atom is 0.410 e. The zero-order valence-corrected chi connectivity index (χ0v) is 20.9. The van der Waals surface area contributed by atoms with E-state index in [0.29, 0.717) is 25.5 Å². The molecule has 1 saturated heterocycles. The highest BCUT2D eigenvalue weighted by atomic mass is 35.5. The van der Waals surface area contributed by atoms with Crippen LogP contribution in [0.2, 0.25) is 5.02 Å². The number of amides is 2. The second kappa shape index (κ2) is 9.38. The number of fused-ring (bicyclic) bond motifs is 1. The summed E-state index contributed by atoms with van der Waals surface area (Å²) < 4.78 is 47.0. The van der Waals surface area contributed by atoms with Gasteiger partial charge in [0, 0.05) is 42.7 Å². The standard InChI is InChI=1S/C23H26ClF3N6O3/c1-12-10-32(5-6-33(12)21(35)36-22(2,3)4)16-8-13(24)7-15(30-16)19-18-14(23(25,26)27)9-17(34)31-20(18)29-11-28-19/h7-8,11-12,14H,5-6,9-10H2,1-4H3,(H,28,29,31,34)/t12-,14?/m0/s1. The summed E-state index contributed by atoms with van der Waals surface area (Å²) >= 11 is 6.35. The molecule has 2 aliphatic heterocycles. The average Bonchev–Trinajstić information content (AvgIpc) is 2.75. The molecule has 2 amide bonds. The fraction of sp³-hybridized carbons (Fsp3) is 0.522. The topological polar surface area (TPSA) is 101 Å². The molecule has 194 valence electrons. The van der Waals surface area contributed by atoms with E-state index in [1.165, 1.54) is 6.07 Å². The molecule has 2 aliphatic rings. The van der Waals surface area contributed by atoms with Crippen molar-refractivity contribution < 1.29 is 27.5 Å². The lowest BCUT2D eigenvalue weighted by molar-refractivity contribution is -0.156. The summed E-state index contributed by atoms with van der Waals surface area (Å²) in [6, 6.07) is 2.82. The number of anilines is 2. The van der Waals surface area contributed by atoms with Crippen LogP contribution in [0.25, 0.3) is 11.4 Å². The maximum absolute atomic E-state index is 13.9. The summed E-state index contributed by atoms with van der Waals surface area (Å²) in [6.07, 6.45) is -4.78. The van der Waals surface area contributed by atoms with E-state index in [9.17, 15) is 22.8 Å². The van der Waals surface area contributed by atoms with Gasteiger partial charge in [-0.25, -0.2) is 19.7 Å². The van der Waals surface area contributed by atoms with Crippen LogP contribution in [-0.2, 0) is 9.53 Å². The highest BCUT2D eigenvalue weighted by Gasteiger charge is 2.47. The molecule has 0 radical (unpaired) electrons. The minimum atomic E-state index is -4.68. The van der Waals surface area contributed by atoms with Gasteiger partial charge in [-0.2, -0.15) is 13.2 Å². The van der Waals surface area contributed by atoms with Crippen molar-refractivity contribution >= 4 is 35.2 Å². The highest BCUT2D eigenvalue weighted by Crippen LogP contribution is 2.46. The fourth-order valence-electron chi connectivity index (χ4n) is 4.30. The number of carbonyl (C=O) groups is 2. The Morgan fingerprint density at radius 2 is 1.92 bits per heavy atom. The molecule has 2 aromatic heterocycles. The van der Waals surface area contributed by atoms with Crippen LogP contribution in [0.15, 0.2) is 18.5 Å². The van der Waals surface area contributed by atoms with Gasteiger partial charge in [-0.1, -0.05) is 11.6 Å². The first-order valence-corrected chi connectivity index (χ1v) is 11.7. The quantitative estimate of drug-likeness (QED) is 0.609. The molecule has 0 saturated carbocycles. The van der Waals surface area contributed by atoms with Gasteiger partial charge in [-0.05, 0) is 39.8 Å². The molecule has 0 bridgehead atoms. The number of aromatic nitrogens is 3. The first-order chi connectivity index (χ1) is 16.7. The number of piperazine rings is 1. The highest BCUT2D eigenvalue weighted by molar-refractivity contribution is 6.31. The second-order valence-corrected chi connectivity index (χ2v) is 10.3. The summed E-state index contributed by atoms with van der Waals surface area (Å²) in [4.78, 5) is 40.5. The van der Waals surface area contributed by atoms with Crippen molar-refractivity contribution in [1.29, 1.82) is 0 Å². The smallest absolute Gasteiger partial charge is 0.410 e. The van der Waals surface area contributed by atoms with E-state index in [0.717, 1.165) is 6.33 Å². The van der Waals surface area contributed by atoms with Crippen molar-refractivity contribution in [2.75, 3.05) is 29.9 Å². The lowest BCUT2D eigenvalue weighted by Gasteiger charge is -2.40. The number of pyridine rings is 1. The van der Waals surface area contributed by atoms with Gasteiger partial charge in [0.2, 0.25) is 5.91 Å². The molecule has 4 rings (SSSR count). The third-order valence-corrected chi connectivity index (χ3v) is 6.09. The van der Waals surface area contributed by atoms with Crippen LogP contribution in [0.3, 0.4) is 0 Å². The Kier molecular flexibility index (Phi) is 6.76. The van der Waals surface area contributed by atoms with Crippen LogP contribution in [0.5, 0.6) is 0 Å². The summed E-state index contributed by atoms with van der Waals surface area (Å²) in [6.45, 7) is 8.45. The first kappa shape index (κ1) is 25.9. The normalized spacial score (nSPS) is 20.6. The van der Waals surface area contributed by atoms with Gasteiger partial charge in [-0.15, -0.1) is 0 Å². The van der Waals surface area contributed by atoms with E-state index in [4.69, 9.17) is 16.3 Å². The number of hydrogen-bond donors (Lipinski definition) is 1. The van der Waals surface area contributed by atoms with E-state index in [1.54, 1.807) is 31.7 Å². The molecule has 0 aromatic carbocycles. The van der Waals surface area contributed by atoms with Crippen LogP contribution < -0.4 is 10.2 Å². The molecular weight excluding hydrogens is 501 g/mol. The minimum absolute atomic E-state index is 0.0495. The lowest BCUT2D eigenvalue weighted by atomic mass is 9.89. The molecule has 0 spiro atoms. The molecule has 9 nitrogen and oxygen atoms in total. The van der Waals surface area contributed by atoms with Crippen LogP contribution >= 0.6 is 11.6 Å². The number of nitrogens with zero attached hydrogens (tertiary/aromatic N) is 5. The Balaban J connectivity index is 1.65. The van der Waals surface area contributed by atoms with Crippen LogP contribution in [0.4, 0.5) is 29.6 Å². The number of ether oxygens (including phenoxy) is 1. The molecular formula is C23H26ClF3N6O3. The Labute approximate surface area is 211 Å². The molecule has 36 heavy (non-hydrogen) atoms. The molecule has 1 unspecified atom stereocenters. The zero-order valence-electron chi connectivity index (χ0n) is 20.2. The van der Waals surface area contributed by atoms with Crippen molar-refractivity contribution in [3.05, 3.63) is 29.0 Å². The number of rotatable bonds is 2. The van der Waals surface area contributed by atoms with Crippen molar-refractivity contribution in [2.45, 2.75) is 57.9 Å². The molecule has 2 atom stereocenters. The van der Waals surface area contributed by atoms with Gasteiger partial charge < -0.3 is 19.9 Å². The maximum atomic E-state index is 13.9. The predicted octanol–water partition coefficient (Wildman–Crippen LogP) is 4.63. The van der Waals surface area contributed by atoms with E-state index in [-0.39, 0.29) is 33.8 Å². The van der Waals surface area contributed by atoms with E-state index in [1.807, 2.05) is 11.8 Å². The van der Waals surface area contributed by atoms with Gasteiger partial charge in [0.15, 0.2) is 0 Å². The first-order valence-electron chi connectivity index (χ1n) is 11.4. The van der Waals surface area contributed by atoms with E-state index < -0.39 is 36.1 Å². The molecule has 13 heteroatoms. The molecule has 1 N–H and O–H groups in total. The van der Waals surface area contributed by atoms with Crippen LogP contribution in [-0.4, -0.2) is 69.3 Å². The van der Waals surface area contributed by atoms with Gasteiger partial charge in [0.25, 0.3) is 0 Å². The van der Waals surface area contributed by atoms with Crippen molar-refractivity contribution in [3.8, 4) is 11.4 Å². The Hall–Kier alpha value is -3.15. The minimum Gasteiger partial charge on any atom is -0.444 e. The summed E-state index contributed by atoms with van der Waals surface area (Å²) in [5, 5.41) is 2.65. The Bertz CT molecular complexity index is 1190. The molecule has 4 heterocycles. The monoisotopic (exact) mass is 526 g/mol. The lowest BCUT2D eigenvalue weighted by Crippen LogP contribution is -2.55. The number of halogens is 4. The van der Waals surface area contributed by atoms with Gasteiger partial charge >= 0.3 is 12.3 Å². The summed E-state index contributed by atoms with van der Waals surface area (Å²) in [7, 11) is 0. The number of hydrogen-bond acceptors (Lipinski definition) is 7. The zero-order chi connectivity index (χ0) is 26.4. The SMILES string of the molecule is C[C@H]1CN(c2cc(Cl)cc(-c3ncnc4c3C(C(F)(F)F)CC(=O)N4)n2)CCN1C(=O)OC(C)(C)C. The largest absolute Gasteiger partial charge is 0.444 e. The van der Waals surface area contributed by atoms with Gasteiger partial charge in [0.05, 0.1) is 17.3 Å². The van der Waals surface area contributed by atoms with Gasteiger partial charge in [-0.3, -0.25) is 4.79 Å². The molecule has 1 fully saturated rings. The van der Waals surface area contributed by atoms with Crippen molar-refractivity contribution in [1.82, 2.24) is 19.9 Å². The van der Waals surface area contributed by atoms with Crippen molar-refractivity contribution in [3.63, 3.8) is 0 Å². The van der Waals surface area contributed by atoms with Crippen LogP contribution in [0.1, 0.15) is 45.6 Å². The summed E-state index contributed by atoms with van der Waals surface area (Å²) in [5.74, 6) is -2.60. The number of carbonyl (C=O) groups excluding carboxylic acids is 2. The Morgan fingerprint density at radius 1 is 1.19 bits per heavy atom. The van der Waals surface area contributed by atoms with Crippen LogP contribution in [0, 0.1) is 0 Å². The predicted molar refractivity (Wildman–Crippen MR) is 127 cm³/mol.